The van der Waals surface area contributed by atoms with Gasteiger partial charge in [-0.05, 0) is 26.3 Å². The number of fused-ring (bicyclic) bond motifs is 2. The number of carbonyl (C=O) groups is 1. The summed E-state index contributed by atoms with van der Waals surface area (Å²) < 4.78 is 14.0. The highest BCUT2D eigenvalue weighted by Gasteiger charge is 2.54. The van der Waals surface area contributed by atoms with Gasteiger partial charge >= 0.3 is 0 Å². The van der Waals surface area contributed by atoms with Crippen molar-refractivity contribution in [3.8, 4) is 0 Å². The molecule has 1 saturated heterocycles. The summed E-state index contributed by atoms with van der Waals surface area (Å²) in [5, 5.41) is 1.22. The second kappa shape index (κ2) is 4.75. The van der Waals surface area contributed by atoms with Crippen LogP contribution in [-0.4, -0.2) is 38.8 Å². The lowest BCUT2D eigenvalue weighted by atomic mass is 10.1. The minimum Gasteiger partial charge on any atom is -0.344 e. The van der Waals surface area contributed by atoms with Crippen LogP contribution in [0.4, 0.5) is 0 Å². The highest BCUT2D eigenvalue weighted by atomic mass is 35.5. The van der Waals surface area contributed by atoms with Crippen LogP contribution in [0.1, 0.15) is 26.3 Å². The molecule has 1 aliphatic carbocycles. The topological polar surface area (TPSA) is 66.2 Å². The number of carbonyl (C=O) groups excluding carboxylic acids is 1. The molecule has 2 aliphatic rings. The van der Waals surface area contributed by atoms with Crippen LogP contribution >= 0.6 is 11.6 Å². The first kappa shape index (κ1) is 14.1. The fourth-order valence-electron chi connectivity index (χ4n) is 3.61. The lowest BCUT2D eigenvalue weighted by molar-refractivity contribution is -0.160. The van der Waals surface area contributed by atoms with Crippen LogP contribution in [0.25, 0.3) is 11.0 Å². The van der Waals surface area contributed by atoms with Gasteiger partial charge in [0.1, 0.15) is 29.5 Å². The van der Waals surface area contributed by atoms with Gasteiger partial charge < -0.3 is 18.8 Å². The maximum absolute atomic E-state index is 11.4. The summed E-state index contributed by atoms with van der Waals surface area (Å²) in [6.07, 6.45) is 4.62. The summed E-state index contributed by atoms with van der Waals surface area (Å²) in [6, 6.07) is 1.88. The Morgan fingerprint density at radius 2 is 2.14 bits per heavy atom. The van der Waals surface area contributed by atoms with Gasteiger partial charge in [-0.15, -0.1) is 0 Å². The van der Waals surface area contributed by atoms with Gasteiger partial charge in [0.15, 0.2) is 5.79 Å². The fourth-order valence-corrected chi connectivity index (χ4v) is 3.80. The van der Waals surface area contributed by atoms with Gasteiger partial charge in [0, 0.05) is 12.1 Å². The third kappa shape index (κ3) is 1.98. The first-order valence-corrected chi connectivity index (χ1v) is 7.66. The molecule has 116 valence electrons. The van der Waals surface area contributed by atoms with Gasteiger partial charge in [-0.3, -0.25) is 0 Å². The van der Waals surface area contributed by atoms with Crippen LogP contribution < -0.4 is 0 Å². The van der Waals surface area contributed by atoms with Gasteiger partial charge in [0.2, 0.25) is 0 Å². The van der Waals surface area contributed by atoms with Gasteiger partial charge in [-0.1, -0.05) is 11.6 Å². The minimum absolute atomic E-state index is 0.00885. The molecule has 0 unspecified atom stereocenters. The Balaban J connectivity index is 1.78. The maximum atomic E-state index is 11.4. The molecule has 0 bridgehead atoms. The molecule has 2 aromatic rings. The molecule has 1 saturated carbocycles. The number of hydrogen-bond donors (Lipinski definition) is 0. The zero-order valence-corrected chi connectivity index (χ0v) is 13.0. The molecule has 0 N–H and O–H groups in total. The number of halogens is 1. The molecule has 0 spiro atoms. The molecule has 0 amide bonds. The lowest BCUT2D eigenvalue weighted by Gasteiger charge is -2.23. The van der Waals surface area contributed by atoms with E-state index in [9.17, 15) is 4.79 Å². The second-order valence-corrected chi connectivity index (χ2v) is 6.65. The Kier molecular flexibility index (Phi) is 3.04. The third-order valence-electron chi connectivity index (χ3n) is 4.47. The Morgan fingerprint density at radius 1 is 1.36 bits per heavy atom. The summed E-state index contributed by atoms with van der Waals surface area (Å²) in [6.45, 7) is 3.74. The standard InChI is InChI=1S/C15H16ClN3O3/c1-15(2)21-11-8(6-20)5-10(12(11)22-15)19-4-3-9-13(16)17-7-18-14(9)19/h3-4,6-8,10-12H,5H2,1-2H3/t8-,10-,11-,12+/m1/s1. The zero-order valence-electron chi connectivity index (χ0n) is 12.3. The number of nitrogens with zero attached hydrogens (tertiary/aromatic N) is 3. The van der Waals surface area contributed by atoms with Crippen molar-refractivity contribution in [2.24, 2.45) is 5.92 Å². The van der Waals surface area contributed by atoms with Crippen molar-refractivity contribution >= 4 is 28.9 Å². The molecule has 2 fully saturated rings. The molecular weight excluding hydrogens is 306 g/mol. The van der Waals surface area contributed by atoms with E-state index in [1.807, 2.05) is 30.7 Å². The van der Waals surface area contributed by atoms with E-state index in [1.165, 1.54) is 6.33 Å². The Hall–Kier alpha value is -1.50. The van der Waals surface area contributed by atoms with Crippen LogP contribution in [-0.2, 0) is 14.3 Å². The Morgan fingerprint density at radius 3 is 2.91 bits per heavy atom. The summed E-state index contributed by atoms with van der Waals surface area (Å²) in [4.78, 5) is 19.7. The molecule has 7 heteroatoms. The van der Waals surface area contributed by atoms with Gasteiger partial charge in [0.05, 0.1) is 17.5 Å². The summed E-state index contributed by atoms with van der Waals surface area (Å²) in [5.41, 5.74) is 0.753. The smallest absolute Gasteiger partial charge is 0.163 e. The molecule has 4 rings (SSSR count). The Bertz CT molecular complexity index is 745. The highest BCUT2D eigenvalue weighted by molar-refractivity contribution is 6.33. The number of aromatic nitrogens is 3. The van der Waals surface area contributed by atoms with E-state index in [0.717, 1.165) is 17.3 Å². The minimum atomic E-state index is -0.676. The molecule has 0 radical (unpaired) electrons. The van der Waals surface area contributed by atoms with Crippen molar-refractivity contribution in [1.29, 1.82) is 0 Å². The summed E-state index contributed by atoms with van der Waals surface area (Å²) in [7, 11) is 0. The van der Waals surface area contributed by atoms with E-state index in [1.54, 1.807) is 0 Å². The number of rotatable bonds is 2. The van der Waals surface area contributed by atoms with Crippen LogP contribution in [0.3, 0.4) is 0 Å². The molecule has 0 aromatic carbocycles. The fraction of sp³-hybridized carbons (Fsp3) is 0.533. The predicted molar refractivity (Wildman–Crippen MR) is 79.6 cm³/mol. The van der Waals surface area contributed by atoms with E-state index in [0.29, 0.717) is 11.6 Å². The highest BCUT2D eigenvalue weighted by Crippen LogP contribution is 2.47. The molecule has 4 atom stereocenters. The second-order valence-electron chi connectivity index (χ2n) is 6.29. The Labute approximate surface area is 132 Å². The predicted octanol–water partition coefficient (Wildman–Crippen LogP) is 2.36. The van der Waals surface area contributed by atoms with Crippen molar-refractivity contribution in [2.45, 2.75) is 44.3 Å². The normalized spacial score (nSPS) is 33.2. The first-order valence-electron chi connectivity index (χ1n) is 7.28. The van der Waals surface area contributed by atoms with Crippen molar-refractivity contribution in [3.05, 3.63) is 23.7 Å². The average molecular weight is 322 g/mol. The van der Waals surface area contributed by atoms with E-state index in [2.05, 4.69) is 9.97 Å². The van der Waals surface area contributed by atoms with Gasteiger partial charge in [0.25, 0.3) is 0 Å². The summed E-state index contributed by atoms with van der Waals surface area (Å²) in [5.74, 6) is -0.850. The maximum Gasteiger partial charge on any atom is 0.163 e. The third-order valence-corrected chi connectivity index (χ3v) is 4.77. The molecule has 1 aliphatic heterocycles. The van der Waals surface area contributed by atoms with E-state index < -0.39 is 5.79 Å². The van der Waals surface area contributed by atoms with E-state index >= 15 is 0 Å². The molecule has 6 nitrogen and oxygen atoms in total. The quantitative estimate of drug-likeness (QED) is 0.627. The van der Waals surface area contributed by atoms with E-state index in [4.69, 9.17) is 21.1 Å². The average Bonchev–Trinajstić information content (AvgIpc) is 3.10. The number of aldehydes is 1. The molecular formula is C15H16ClN3O3. The van der Waals surface area contributed by atoms with Crippen LogP contribution in [0.15, 0.2) is 18.6 Å². The molecule has 22 heavy (non-hydrogen) atoms. The first-order chi connectivity index (χ1) is 10.5. The monoisotopic (exact) mass is 321 g/mol. The van der Waals surface area contributed by atoms with Crippen molar-refractivity contribution < 1.29 is 14.3 Å². The van der Waals surface area contributed by atoms with Crippen molar-refractivity contribution in [1.82, 2.24) is 14.5 Å². The number of hydrogen-bond acceptors (Lipinski definition) is 5. The van der Waals surface area contributed by atoms with Gasteiger partial charge in [-0.2, -0.15) is 0 Å². The SMILES string of the molecule is CC1(C)O[C@@H]2[C@H](O1)[C@@H](C=O)C[C@H]2n1ccc2c(Cl)ncnc21. The van der Waals surface area contributed by atoms with Crippen LogP contribution in [0.2, 0.25) is 5.15 Å². The lowest BCUT2D eigenvalue weighted by Crippen LogP contribution is -2.27. The summed E-state index contributed by atoms with van der Waals surface area (Å²) >= 11 is 6.11. The zero-order chi connectivity index (χ0) is 15.5. The van der Waals surface area contributed by atoms with Crippen LogP contribution in [0.5, 0.6) is 0 Å². The number of ether oxygens (including phenoxy) is 2. The molecule has 2 aromatic heterocycles. The largest absolute Gasteiger partial charge is 0.344 e. The van der Waals surface area contributed by atoms with Gasteiger partial charge in [-0.25, -0.2) is 9.97 Å². The van der Waals surface area contributed by atoms with Crippen molar-refractivity contribution in [2.75, 3.05) is 0 Å². The van der Waals surface area contributed by atoms with E-state index in [-0.39, 0.29) is 24.2 Å². The van der Waals surface area contributed by atoms with Crippen molar-refractivity contribution in [3.63, 3.8) is 0 Å². The molecule has 3 heterocycles. The van der Waals surface area contributed by atoms with Crippen LogP contribution in [0, 0.1) is 5.92 Å².